The Morgan fingerprint density at radius 1 is 1.10 bits per heavy atom. The summed E-state index contributed by atoms with van der Waals surface area (Å²) in [6.07, 6.45) is 4.08. The van der Waals surface area contributed by atoms with Crippen molar-refractivity contribution in [2.45, 2.75) is 39.5 Å². The van der Waals surface area contributed by atoms with Crippen molar-refractivity contribution in [1.82, 2.24) is 0 Å². The highest BCUT2D eigenvalue weighted by atomic mass is 16.2. The lowest BCUT2D eigenvalue weighted by Gasteiger charge is -2.27. The Hall–Kier alpha value is -2.10. The molecular formula is C17H22N2O2. The minimum Gasteiger partial charge on any atom is -0.394 e. The Morgan fingerprint density at radius 2 is 1.86 bits per heavy atom. The van der Waals surface area contributed by atoms with Crippen LogP contribution in [0.1, 0.15) is 38.7 Å². The van der Waals surface area contributed by atoms with Gasteiger partial charge in [0.05, 0.1) is 0 Å². The zero-order valence-corrected chi connectivity index (χ0v) is 12.7. The second-order valence-corrected chi connectivity index (χ2v) is 5.30. The van der Waals surface area contributed by atoms with E-state index in [1.54, 1.807) is 0 Å². The summed E-state index contributed by atoms with van der Waals surface area (Å²) in [5.41, 5.74) is 7.31. The molecule has 0 heterocycles. The van der Waals surface area contributed by atoms with Gasteiger partial charge in [0.2, 0.25) is 0 Å². The Labute approximate surface area is 124 Å². The standard InChI is InChI=1S/C17H22N2O2/c1-3-5-6-10-19(15-14(18)16(20)17(15)21)13-9-7-8-12(4-2)11-13/h7-9,11H,3-6,10,18H2,1-2H3. The van der Waals surface area contributed by atoms with Crippen LogP contribution in [-0.2, 0) is 6.42 Å². The van der Waals surface area contributed by atoms with Gasteiger partial charge >= 0.3 is 0 Å². The third-order valence-electron chi connectivity index (χ3n) is 3.81. The molecule has 0 atom stereocenters. The third kappa shape index (κ3) is 2.99. The molecule has 2 aromatic carbocycles. The number of nitrogens with two attached hydrogens (primary N) is 1. The van der Waals surface area contributed by atoms with Crippen LogP contribution in [0.4, 0.5) is 17.1 Å². The monoisotopic (exact) mass is 286 g/mol. The van der Waals surface area contributed by atoms with Gasteiger partial charge in [0, 0.05) is 12.2 Å². The van der Waals surface area contributed by atoms with Crippen LogP contribution in [0, 0.1) is 0 Å². The summed E-state index contributed by atoms with van der Waals surface area (Å²) >= 11 is 0. The average Bonchev–Trinajstić information content (AvgIpc) is 2.53. The van der Waals surface area contributed by atoms with Crippen LogP contribution in [0.2, 0.25) is 0 Å². The highest BCUT2D eigenvalue weighted by Crippen LogP contribution is 2.28. The lowest BCUT2D eigenvalue weighted by molar-refractivity contribution is 0.715. The number of rotatable bonds is 7. The Balaban J connectivity index is 2.36. The van der Waals surface area contributed by atoms with E-state index >= 15 is 0 Å². The minimum absolute atomic E-state index is 0.0957. The molecule has 0 saturated heterocycles. The first-order valence-electron chi connectivity index (χ1n) is 7.55. The molecule has 2 N–H and O–H groups in total. The molecule has 0 aliphatic rings. The van der Waals surface area contributed by atoms with Crippen molar-refractivity contribution in [3.05, 3.63) is 50.3 Å². The summed E-state index contributed by atoms with van der Waals surface area (Å²) in [6.45, 7) is 4.93. The van der Waals surface area contributed by atoms with E-state index in [-0.39, 0.29) is 5.69 Å². The Kier molecular flexibility index (Phi) is 4.78. The summed E-state index contributed by atoms with van der Waals surface area (Å²) in [4.78, 5) is 25.1. The van der Waals surface area contributed by atoms with Crippen molar-refractivity contribution in [2.75, 3.05) is 17.2 Å². The van der Waals surface area contributed by atoms with Gasteiger partial charge in [0.25, 0.3) is 10.9 Å². The smallest absolute Gasteiger partial charge is 0.253 e. The Morgan fingerprint density at radius 3 is 2.48 bits per heavy atom. The van der Waals surface area contributed by atoms with Crippen LogP contribution in [-0.4, -0.2) is 6.54 Å². The summed E-state index contributed by atoms with van der Waals surface area (Å²) in [6, 6.07) is 8.05. The summed E-state index contributed by atoms with van der Waals surface area (Å²) < 4.78 is 0. The molecule has 0 aromatic heterocycles. The van der Waals surface area contributed by atoms with Gasteiger partial charge in [-0.25, -0.2) is 0 Å². The van der Waals surface area contributed by atoms with Gasteiger partial charge < -0.3 is 10.6 Å². The van der Waals surface area contributed by atoms with Crippen molar-refractivity contribution < 1.29 is 0 Å². The quantitative estimate of drug-likeness (QED) is 0.628. The van der Waals surface area contributed by atoms with Crippen molar-refractivity contribution in [3.8, 4) is 0 Å². The fourth-order valence-corrected chi connectivity index (χ4v) is 2.50. The lowest BCUT2D eigenvalue weighted by atomic mass is 10.1. The second kappa shape index (κ2) is 6.57. The minimum atomic E-state index is -0.558. The van der Waals surface area contributed by atoms with Gasteiger partial charge in [0.15, 0.2) is 0 Å². The molecular weight excluding hydrogens is 264 g/mol. The summed E-state index contributed by atoms with van der Waals surface area (Å²) in [5, 5.41) is 0. The topological polar surface area (TPSA) is 63.4 Å². The van der Waals surface area contributed by atoms with Crippen LogP contribution < -0.4 is 21.5 Å². The third-order valence-corrected chi connectivity index (χ3v) is 3.81. The maximum atomic E-state index is 11.8. The van der Waals surface area contributed by atoms with Gasteiger partial charge in [-0.2, -0.15) is 0 Å². The number of unbranched alkanes of at least 4 members (excludes halogenated alkanes) is 2. The first-order chi connectivity index (χ1) is 10.1. The van der Waals surface area contributed by atoms with Crippen LogP contribution in [0.25, 0.3) is 0 Å². The number of aryl methyl sites for hydroxylation is 1. The van der Waals surface area contributed by atoms with Crippen LogP contribution >= 0.6 is 0 Å². The van der Waals surface area contributed by atoms with Gasteiger partial charge in [-0.05, 0) is 30.5 Å². The fraction of sp³-hybridized carbons (Fsp3) is 0.412. The number of nitrogen functional groups attached to an aromatic ring is 1. The molecule has 4 nitrogen and oxygen atoms in total. The summed E-state index contributed by atoms with van der Waals surface area (Å²) in [5.74, 6) is 0. The fourth-order valence-electron chi connectivity index (χ4n) is 2.50. The van der Waals surface area contributed by atoms with E-state index in [9.17, 15) is 9.59 Å². The molecule has 2 rings (SSSR count). The molecule has 2 aromatic rings. The predicted molar refractivity (Wildman–Crippen MR) is 88.1 cm³/mol. The molecule has 0 aliphatic carbocycles. The lowest BCUT2D eigenvalue weighted by Crippen LogP contribution is -2.41. The number of benzene rings is 1. The predicted octanol–water partition coefficient (Wildman–Crippen LogP) is 2.76. The van der Waals surface area contributed by atoms with E-state index in [0.717, 1.165) is 31.4 Å². The number of nitrogens with zero attached hydrogens (tertiary/aromatic N) is 1. The zero-order valence-electron chi connectivity index (χ0n) is 12.7. The molecule has 0 bridgehead atoms. The van der Waals surface area contributed by atoms with Crippen molar-refractivity contribution in [3.63, 3.8) is 0 Å². The van der Waals surface area contributed by atoms with Crippen molar-refractivity contribution in [1.29, 1.82) is 0 Å². The highest BCUT2D eigenvalue weighted by Gasteiger charge is 2.24. The van der Waals surface area contributed by atoms with Crippen LogP contribution in [0.3, 0.4) is 0 Å². The van der Waals surface area contributed by atoms with Gasteiger partial charge in [0.1, 0.15) is 11.4 Å². The van der Waals surface area contributed by atoms with Crippen LogP contribution in [0.5, 0.6) is 0 Å². The van der Waals surface area contributed by atoms with Crippen molar-refractivity contribution in [2.24, 2.45) is 0 Å². The van der Waals surface area contributed by atoms with Gasteiger partial charge in [-0.15, -0.1) is 0 Å². The maximum Gasteiger partial charge on any atom is 0.253 e. The molecule has 0 amide bonds. The normalized spacial score (nSPS) is 11.0. The Bertz CT molecular complexity index is 684. The number of hydrogen-bond donors (Lipinski definition) is 1. The molecule has 0 spiro atoms. The maximum absolute atomic E-state index is 11.8. The number of hydrogen-bond acceptors (Lipinski definition) is 4. The molecule has 21 heavy (non-hydrogen) atoms. The van der Waals surface area contributed by atoms with Crippen LogP contribution in [0.15, 0.2) is 33.9 Å². The first kappa shape index (κ1) is 15.3. The van der Waals surface area contributed by atoms with E-state index in [4.69, 9.17) is 5.73 Å². The largest absolute Gasteiger partial charge is 0.394 e. The molecule has 0 saturated carbocycles. The molecule has 0 aliphatic heterocycles. The SMILES string of the molecule is CCCCCN(c1cccc(CC)c1)c1c(N)c(=O)c1=O. The van der Waals surface area contributed by atoms with E-state index in [0.29, 0.717) is 12.2 Å². The molecule has 0 unspecified atom stereocenters. The molecule has 4 heteroatoms. The summed E-state index contributed by atoms with van der Waals surface area (Å²) in [7, 11) is 0. The second-order valence-electron chi connectivity index (χ2n) is 5.30. The highest BCUT2D eigenvalue weighted by molar-refractivity contribution is 5.78. The van der Waals surface area contributed by atoms with Gasteiger partial charge in [-0.1, -0.05) is 38.8 Å². The molecule has 0 fully saturated rings. The van der Waals surface area contributed by atoms with E-state index in [1.807, 2.05) is 17.0 Å². The van der Waals surface area contributed by atoms with E-state index < -0.39 is 10.9 Å². The van der Waals surface area contributed by atoms with E-state index in [1.165, 1.54) is 5.56 Å². The van der Waals surface area contributed by atoms with Crippen molar-refractivity contribution >= 4 is 17.1 Å². The molecule has 0 radical (unpaired) electrons. The number of anilines is 3. The molecule has 112 valence electrons. The zero-order chi connectivity index (χ0) is 15.4. The first-order valence-corrected chi connectivity index (χ1v) is 7.55. The average molecular weight is 286 g/mol. The van der Waals surface area contributed by atoms with Gasteiger partial charge in [-0.3, -0.25) is 9.59 Å². The van der Waals surface area contributed by atoms with E-state index in [2.05, 4.69) is 26.0 Å².